The second-order valence-corrected chi connectivity index (χ2v) is 9.80. The molecule has 0 saturated carbocycles. The molecule has 0 saturated heterocycles. The summed E-state index contributed by atoms with van der Waals surface area (Å²) in [5.41, 5.74) is 1.96. The van der Waals surface area contributed by atoms with Crippen LogP contribution in [0, 0.1) is 5.82 Å². The van der Waals surface area contributed by atoms with Crippen molar-refractivity contribution in [2.45, 2.75) is 44.8 Å². The van der Waals surface area contributed by atoms with Crippen LogP contribution < -0.4 is 4.31 Å². The van der Waals surface area contributed by atoms with Crippen molar-refractivity contribution in [1.82, 2.24) is 9.97 Å². The van der Waals surface area contributed by atoms with Gasteiger partial charge in [-0.1, -0.05) is 26.0 Å². The highest BCUT2D eigenvalue weighted by molar-refractivity contribution is 7.92. The molecule has 1 aromatic carbocycles. The van der Waals surface area contributed by atoms with E-state index in [4.69, 9.17) is 0 Å². The van der Waals surface area contributed by atoms with Crippen LogP contribution in [0.25, 0.3) is 17.3 Å². The minimum Gasteiger partial charge on any atom is -0.393 e. The third-order valence-electron chi connectivity index (χ3n) is 4.77. The second kappa shape index (κ2) is 10.8. The maximum Gasteiger partial charge on any atom is 0.239 e. The fourth-order valence-electron chi connectivity index (χ4n) is 2.97. The Kier molecular flexibility index (Phi) is 8.59. The summed E-state index contributed by atoms with van der Waals surface area (Å²) in [7, 11) is -2.28. The van der Waals surface area contributed by atoms with Gasteiger partial charge in [-0.3, -0.25) is 0 Å². The van der Waals surface area contributed by atoms with Gasteiger partial charge in [-0.15, -0.1) is 0 Å². The summed E-state index contributed by atoms with van der Waals surface area (Å²) in [4.78, 5) is 19.4. The zero-order chi connectivity index (χ0) is 24.1. The first-order valence-electron chi connectivity index (χ1n) is 10.0. The van der Waals surface area contributed by atoms with Crippen molar-refractivity contribution in [2.75, 3.05) is 17.6 Å². The van der Waals surface area contributed by atoms with Crippen molar-refractivity contribution in [1.29, 1.82) is 0 Å². The smallest absolute Gasteiger partial charge is 0.239 e. The van der Waals surface area contributed by atoms with Gasteiger partial charge in [0.15, 0.2) is 0 Å². The molecule has 2 aromatic rings. The number of hydrogen-bond acceptors (Lipinski definition) is 7. The molecule has 0 fully saturated rings. The van der Waals surface area contributed by atoms with Crippen molar-refractivity contribution in [3.63, 3.8) is 0 Å². The molecule has 1 heterocycles. The molecular weight excluding hydrogens is 437 g/mol. The fraction of sp³-hybridized carbons (Fsp3) is 0.409. The number of carbonyl (C=O) groups excluding carboxylic acids is 1. The number of aromatic nitrogens is 2. The number of anilines is 1. The van der Waals surface area contributed by atoms with Crippen molar-refractivity contribution in [3.05, 3.63) is 47.4 Å². The molecule has 2 N–H and O–H groups in total. The Morgan fingerprint density at radius 3 is 2.31 bits per heavy atom. The summed E-state index contributed by atoms with van der Waals surface area (Å²) in [6.45, 7) is 3.76. The number of benzene rings is 1. The van der Waals surface area contributed by atoms with Crippen molar-refractivity contribution < 1.29 is 27.8 Å². The molecular formula is C22H28FN3O5S. The fourth-order valence-corrected chi connectivity index (χ4v) is 3.35. The Balaban J connectivity index is 2.65. The van der Waals surface area contributed by atoms with Crippen LogP contribution in [0.1, 0.15) is 43.9 Å². The summed E-state index contributed by atoms with van der Waals surface area (Å²) in [6.07, 6.45) is 2.53. The van der Waals surface area contributed by atoms with E-state index in [9.17, 15) is 27.8 Å². The highest BCUT2D eigenvalue weighted by atomic mass is 32.2. The Morgan fingerprint density at radius 1 is 1.16 bits per heavy atom. The molecule has 174 valence electrons. The molecule has 0 spiro atoms. The van der Waals surface area contributed by atoms with Crippen molar-refractivity contribution in [2.24, 2.45) is 0 Å². The molecule has 8 nitrogen and oxygen atoms in total. The van der Waals surface area contributed by atoms with Crippen LogP contribution in [0.3, 0.4) is 0 Å². The third-order valence-corrected chi connectivity index (χ3v) is 5.93. The zero-order valence-corrected chi connectivity index (χ0v) is 19.3. The van der Waals surface area contributed by atoms with Gasteiger partial charge in [0.05, 0.1) is 29.9 Å². The van der Waals surface area contributed by atoms with Crippen LogP contribution >= 0.6 is 0 Å². The minimum absolute atomic E-state index is 0.0328. The molecule has 32 heavy (non-hydrogen) atoms. The van der Waals surface area contributed by atoms with E-state index in [-0.39, 0.29) is 24.7 Å². The van der Waals surface area contributed by atoms with Gasteiger partial charge in [-0.05, 0) is 30.2 Å². The summed E-state index contributed by atoms with van der Waals surface area (Å²) >= 11 is 0. The van der Waals surface area contributed by atoms with Gasteiger partial charge in [-0.2, -0.15) is 0 Å². The lowest BCUT2D eigenvalue weighted by atomic mass is 9.97. The number of aldehydes is 1. The average molecular weight is 466 g/mol. The molecule has 2 atom stereocenters. The van der Waals surface area contributed by atoms with Gasteiger partial charge in [0.2, 0.25) is 16.0 Å². The molecule has 0 aliphatic heterocycles. The molecule has 0 radical (unpaired) electrons. The van der Waals surface area contributed by atoms with Gasteiger partial charge in [0.25, 0.3) is 0 Å². The number of halogens is 1. The lowest BCUT2D eigenvalue weighted by molar-refractivity contribution is -0.109. The largest absolute Gasteiger partial charge is 0.393 e. The number of hydrogen-bond donors (Lipinski definition) is 2. The Bertz CT molecular complexity index is 1070. The first-order valence-corrected chi connectivity index (χ1v) is 11.9. The third kappa shape index (κ3) is 6.65. The van der Waals surface area contributed by atoms with Gasteiger partial charge in [0.1, 0.15) is 12.1 Å². The van der Waals surface area contributed by atoms with Gasteiger partial charge >= 0.3 is 0 Å². The van der Waals surface area contributed by atoms with E-state index in [1.165, 1.54) is 37.4 Å². The molecule has 2 rings (SSSR count). The maximum absolute atomic E-state index is 13.5. The Labute approximate surface area is 187 Å². The normalized spacial score (nSPS) is 14.0. The van der Waals surface area contributed by atoms with Crippen LogP contribution in [0.15, 0.2) is 30.3 Å². The lowest BCUT2D eigenvalue weighted by Crippen LogP contribution is -2.27. The van der Waals surface area contributed by atoms with Crippen LogP contribution in [-0.2, 0) is 14.8 Å². The van der Waals surface area contributed by atoms with E-state index >= 15 is 0 Å². The number of aliphatic hydroxyl groups is 2. The van der Waals surface area contributed by atoms with Crippen LogP contribution in [0.4, 0.5) is 10.3 Å². The highest BCUT2D eigenvalue weighted by Gasteiger charge is 2.22. The van der Waals surface area contributed by atoms with E-state index in [0.717, 1.165) is 10.6 Å². The SMILES string of the molecule is CC(C)c1nc(N(C)S(C)(=O)=O)nc(-c2ccc(F)cc2)c1/C=C/[C@@H](O)C[C@@H](O)CC=O. The van der Waals surface area contributed by atoms with E-state index in [1.54, 1.807) is 6.08 Å². The van der Waals surface area contributed by atoms with Crippen LogP contribution in [0.5, 0.6) is 0 Å². The van der Waals surface area contributed by atoms with Crippen molar-refractivity contribution >= 4 is 28.3 Å². The van der Waals surface area contributed by atoms with Crippen molar-refractivity contribution in [3.8, 4) is 11.3 Å². The predicted octanol–water partition coefficient (Wildman–Crippen LogP) is 2.52. The molecule has 0 unspecified atom stereocenters. The minimum atomic E-state index is -3.63. The van der Waals surface area contributed by atoms with E-state index in [1.807, 2.05) is 13.8 Å². The number of nitrogens with zero attached hydrogens (tertiary/aromatic N) is 3. The molecule has 0 aliphatic carbocycles. The number of carbonyl (C=O) groups is 1. The second-order valence-electron chi connectivity index (χ2n) is 7.78. The molecule has 10 heteroatoms. The summed E-state index contributed by atoms with van der Waals surface area (Å²) in [6, 6.07) is 5.58. The number of rotatable bonds is 10. The Hall–Kier alpha value is -2.69. The van der Waals surface area contributed by atoms with Crippen LogP contribution in [0.2, 0.25) is 0 Å². The molecule has 0 bridgehead atoms. The first kappa shape index (κ1) is 25.6. The maximum atomic E-state index is 13.5. The lowest BCUT2D eigenvalue weighted by Gasteiger charge is -2.20. The first-order chi connectivity index (χ1) is 14.9. The monoisotopic (exact) mass is 465 g/mol. The topological polar surface area (TPSA) is 121 Å². The quantitative estimate of drug-likeness (QED) is 0.517. The highest BCUT2D eigenvalue weighted by Crippen LogP contribution is 2.31. The summed E-state index contributed by atoms with van der Waals surface area (Å²) < 4.78 is 38.6. The van der Waals surface area contributed by atoms with E-state index in [0.29, 0.717) is 28.8 Å². The number of sulfonamides is 1. The molecule has 0 aliphatic rings. The average Bonchev–Trinajstić information content (AvgIpc) is 2.71. The van der Waals surface area contributed by atoms with Gasteiger partial charge < -0.3 is 15.0 Å². The van der Waals surface area contributed by atoms with Gasteiger partial charge in [0, 0.05) is 31.0 Å². The van der Waals surface area contributed by atoms with Crippen LogP contribution in [-0.4, -0.2) is 60.4 Å². The Morgan fingerprint density at radius 2 is 1.78 bits per heavy atom. The van der Waals surface area contributed by atoms with E-state index < -0.39 is 28.0 Å². The summed E-state index contributed by atoms with van der Waals surface area (Å²) in [5.74, 6) is -0.604. The zero-order valence-electron chi connectivity index (χ0n) is 18.4. The standard InChI is InChI=1S/C22H28FN3O5S/c1-14(2)20-19(10-9-17(28)13-18(29)11-12-27)21(15-5-7-16(23)8-6-15)25-22(24-20)26(3)32(4,30)31/h5-10,12,14,17-18,28-29H,11,13H2,1-4H3/b10-9+/t17-,18+/m1/s1. The number of aliphatic hydroxyl groups excluding tert-OH is 2. The predicted molar refractivity (Wildman–Crippen MR) is 121 cm³/mol. The molecule has 0 amide bonds. The van der Waals surface area contributed by atoms with Gasteiger partial charge in [-0.25, -0.2) is 27.1 Å². The molecule has 1 aromatic heterocycles. The van der Waals surface area contributed by atoms with E-state index in [2.05, 4.69) is 9.97 Å². The summed E-state index contributed by atoms with van der Waals surface area (Å²) in [5, 5.41) is 20.0.